The van der Waals surface area contributed by atoms with E-state index in [9.17, 15) is 22.8 Å². The Morgan fingerprint density at radius 1 is 0.900 bits per heavy atom. The van der Waals surface area contributed by atoms with Crippen molar-refractivity contribution in [3.63, 3.8) is 0 Å². The van der Waals surface area contributed by atoms with Crippen molar-refractivity contribution in [2.24, 2.45) is 0 Å². The summed E-state index contributed by atoms with van der Waals surface area (Å²) < 4.78 is 48.3. The first-order valence-corrected chi connectivity index (χ1v) is 8.62. The molecule has 0 atom stereocenters. The molecule has 0 spiro atoms. The zero-order chi connectivity index (χ0) is 21.7. The van der Waals surface area contributed by atoms with Crippen LogP contribution in [0.5, 0.6) is 17.4 Å². The molecule has 3 aromatic rings. The van der Waals surface area contributed by atoms with Crippen molar-refractivity contribution in [3.8, 4) is 17.4 Å². The molecule has 0 saturated heterocycles. The van der Waals surface area contributed by atoms with Crippen LogP contribution in [-0.2, 0) is 11.0 Å². The van der Waals surface area contributed by atoms with Crippen LogP contribution in [0.25, 0.3) is 0 Å². The summed E-state index contributed by atoms with van der Waals surface area (Å²) in [6, 6.07) is 14.1. The van der Waals surface area contributed by atoms with Gasteiger partial charge < -0.3 is 14.8 Å². The van der Waals surface area contributed by atoms with Crippen LogP contribution in [0, 0.1) is 0 Å². The third-order valence-corrected chi connectivity index (χ3v) is 3.76. The van der Waals surface area contributed by atoms with Crippen LogP contribution in [-0.4, -0.2) is 16.9 Å². The number of rotatable bonds is 5. The van der Waals surface area contributed by atoms with Crippen molar-refractivity contribution < 1.29 is 32.2 Å². The van der Waals surface area contributed by atoms with Gasteiger partial charge in [0.2, 0.25) is 11.8 Å². The van der Waals surface area contributed by atoms with E-state index in [1.54, 1.807) is 12.1 Å². The minimum Gasteiger partial charge on any atom is -0.439 e. The summed E-state index contributed by atoms with van der Waals surface area (Å²) in [6.07, 6.45) is -3.79. The molecule has 0 aliphatic rings. The largest absolute Gasteiger partial charge is 0.439 e. The average molecular weight is 416 g/mol. The number of ether oxygens (including phenoxy) is 2. The molecule has 2 aromatic carbocycles. The molecular formula is C21H15F3N2O4. The van der Waals surface area contributed by atoms with Gasteiger partial charge in [0.15, 0.2) is 0 Å². The zero-order valence-corrected chi connectivity index (χ0v) is 15.6. The summed E-state index contributed by atoms with van der Waals surface area (Å²) in [6.45, 7) is 1.38. The topological polar surface area (TPSA) is 77.5 Å². The Labute approximate surface area is 169 Å². The van der Waals surface area contributed by atoms with Crippen LogP contribution >= 0.6 is 0 Å². The summed E-state index contributed by atoms with van der Waals surface area (Å²) in [5, 5.41) is 2.59. The number of halogens is 3. The van der Waals surface area contributed by atoms with Crippen molar-refractivity contribution in [2.45, 2.75) is 13.1 Å². The van der Waals surface area contributed by atoms with E-state index in [1.165, 1.54) is 43.3 Å². The Bertz CT molecular complexity index is 1030. The third-order valence-electron chi connectivity index (χ3n) is 3.76. The molecule has 9 heteroatoms. The lowest BCUT2D eigenvalue weighted by atomic mass is 10.2. The minimum absolute atomic E-state index is 0.00740. The number of anilines is 1. The second-order valence-corrected chi connectivity index (χ2v) is 6.10. The number of amides is 1. The van der Waals surface area contributed by atoms with Crippen LogP contribution in [0.3, 0.4) is 0 Å². The van der Waals surface area contributed by atoms with Gasteiger partial charge >= 0.3 is 12.1 Å². The first-order valence-electron chi connectivity index (χ1n) is 8.62. The van der Waals surface area contributed by atoms with Crippen LogP contribution in [0.4, 0.5) is 18.9 Å². The van der Waals surface area contributed by atoms with Gasteiger partial charge in [-0.25, -0.2) is 9.78 Å². The number of benzene rings is 2. The number of alkyl halides is 3. The number of nitrogens with zero attached hydrogens (tertiary/aromatic N) is 1. The Balaban J connectivity index is 1.60. The first-order chi connectivity index (χ1) is 14.2. The van der Waals surface area contributed by atoms with Gasteiger partial charge in [0.1, 0.15) is 11.5 Å². The monoisotopic (exact) mass is 416 g/mol. The third kappa shape index (κ3) is 5.57. The van der Waals surface area contributed by atoms with Crippen LogP contribution in [0.2, 0.25) is 0 Å². The number of hydrogen-bond donors (Lipinski definition) is 1. The van der Waals surface area contributed by atoms with E-state index in [0.717, 1.165) is 12.1 Å². The highest BCUT2D eigenvalue weighted by Crippen LogP contribution is 2.30. The molecule has 0 fully saturated rings. The highest BCUT2D eigenvalue weighted by Gasteiger charge is 2.30. The number of pyridine rings is 1. The number of carbonyl (C=O) groups excluding carboxylic acids is 2. The molecule has 3 rings (SSSR count). The van der Waals surface area contributed by atoms with Crippen molar-refractivity contribution >= 4 is 17.6 Å². The average Bonchev–Trinajstić information content (AvgIpc) is 2.69. The summed E-state index contributed by atoms with van der Waals surface area (Å²) in [4.78, 5) is 26.8. The number of hydrogen-bond acceptors (Lipinski definition) is 5. The molecule has 0 aliphatic heterocycles. The molecule has 30 heavy (non-hydrogen) atoms. The molecular weight excluding hydrogens is 401 g/mol. The highest BCUT2D eigenvalue weighted by molar-refractivity contribution is 5.93. The smallest absolute Gasteiger partial charge is 0.417 e. The van der Waals surface area contributed by atoms with E-state index in [4.69, 9.17) is 9.47 Å². The summed E-state index contributed by atoms with van der Waals surface area (Å²) in [7, 11) is 0. The first kappa shape index (κ1) is 20.8. The lowest BCUT2D eigenvalue weighted by molar-refractivity contribution is -0.137. The number of carbonyl (C=O) groups is 2. The van der Waals surface area contributed by atoms with Crippen molar-refractivity contribution in [3.05, 3.63) is 78.0 Å². The standard InChI is InChI=1S/C21H15F3N2O4/c1-13(27)26-16-5-2-14(3-6-16)20(28)30-18-9-7-17(8-10-18)29-19-11-4-15(12-25-19)21(22,23)24/h2-12H,1H3,(H,26,27). The Hall–Kier alpha value is -3.88. The normalized spacial score (nSPS) is 10.9. The van der Waals surface area contributed by atoms with Gasteiger partial charge in [-0.3, -0.25) is 4.79 Å². The maximum Gasteiger partial charge on any atom is 0.417 e. The van der Waals surface area contributed by atoms with Gasteiger partial charge in [-0.1, -0.05) is 0 Å². The zero-order valence-electron chi connectivity index (χ0n) is 15.6. The number of nitrogens with one attached hydrogen (secondary N) is 1. The van der Waals surface area contributed by atoms with Gasteiger partial charge in [-0.2, -0.15) is 13.2 Å². The molecule has 1 heterocycles. The van der Waals surface area contributed by atoms with Gasteiger partial charge in [-0.05, 0) is 54.6 Å². The van der Waals surface area contributed by atoms with Gasteiger partial charge in [-0.15, -0.1) is 0 Å². The fourth-order valence-electron chi connectivity index (χ4n) is 2.36. The van der Waals surface area contributed by atoms with Crippen molar-refractivity contribution in [1.82, 2.24) is 4.98 Å². The predicted molar refractivity (Wildman–Crippen MR) is 101 cm³/mol. The van der Waals surface area contributed by atoms with Crippen molar-refractivity contribution in [1.29, 1.82) is 0 Å². The van der Waals surface area contributed by atoms with Gasteiger partial charge in [0.05, 0.1) is 11.1 Å². The van der Waals surface area contributed by atoms with E-state index in [2.05, 4.69) is 10.3 Å². The van der Waals surface area contributed by atoms with Crippen LogP contribution < -0.4 is 14.8 Å². The van der Waals surface area contributed by atoms with Crippen LogP contribution in [0.1, 0.15) is 22.8 Å². The van der Waals surface area contributed by atoms with E-state index >= 15 is 0 Å². The number of aromatic nitrogens is 1. The van der Waals surface area contributed by atoms with E-state index in [0.29, 0.717) is 23.2 Å². The molecule has 1 amide bonds. The second kappa shape index (κ2) is 8.64. The summed E-state index contributed by atoms with van der Waals surface area (Å²) >= 11 is 0. The second-order valence-electron chi connectivity index (χ2n) is 6.10. The molecule has 154 valence electrons. The Morgan fingerprint density at radius 2 is 1.53 bits per heavy atom. The van der Waals surface area contributed by atoms with Crippen molar-refractivity contribution in [2.75, 3.05) is 5.32 Å². The molecule has 1 aromatic heterocycles. The summed E-state index contributed by atoms with van der Waals surface area (Å²) in [5.74, 6) is -0.269. The SMILES string of the molecule is CC(=O)Nc1ccc(C(=O)Oc2ccc(Oc3ccc(C(F)(F)F)cn3)cc2)cc1. The molecule has 0 aliphatic carbocycles. The highest BCUT2D eigenvalue weighted by atomic mass is 19.4. The maximum atomic E-state index is 12.5. The van der Waals surface area contributed by atoms with Gasteiger partial charge in [0, 0.05) is 24.9 Å². The fourth-order valence-corrected chi connectivity index (χ4v) is 2.36. The quantitative estimate of drug-likeness (QED) is 0.464. The molecule has 0 radical (unpaired) electrons. The van der Waals surface area contributed by atoms with Crippen LogP contribution in [0.15, 0.2) is 66.9 Å². The lowest BCUT2D eigenvalue weighted by Gasteiger charge is -2.09. The van der Waals surface area contributed by atoms with E-state index in [-0.39, 0.29) is 17.5 Å². The number of esters is 1. The Morgan fingerprint density at radius 3 is 2.07 bits per heavy atom. The van der Waals surface area contributed by atoms with Gasteiger partial charge in [0.25, 0.3) is 0 Å². The maximum absolute atomic E-state index is 12.5. The molecule has 0 unspecified atom stereocenters. The fraction of sp³-hybridized carbons (Fsp3) is 0.0952. The molecule has 6 nitrogen and oxygen atoms in total. The molecule has 1 N–H and O–H groups in total. The molecule has 0 saturated carbocycles. The summed E-state index contributed by atoms with van der Waals surface area (Å²) in [5.41, 5.74) is -0.0296. The predicted octanol–water partition coefficient (Wildman–Crippen LogP) is 5.07. The minimum atomic E-state index is -4.47. The van der Waals surface area contributed by atoms with E-state index < -0.39 is 17.7 Å². The molecule has 0 bridgehead atoms. The Kier molecular flexibility index (Phi) is 6.01. The van der Waals surface area contributed by atoms with E-state index in [1.807, 2.05) is 0 Å². The lowest BCUT2D eigenvalue weighted by Crippen LogP contribution is -2.09.